The zero-order chi connectivity index (χ0) is 34.4. The van der Waals surface area contributed by atoms with Crippen molar-refractivity contribution in [3.8, 4) is 0 Å². The minimum Gasteiger partial charge on any atom is -0.465 e. The third-order valence-corrected chi connectivity index (χ3v) is 9.58. The number of aromatic nitrogens is 1. The van der Waals surface area contributed by atoms with E-state index in [0.717, 1.165) is 13.8 Å². The third kappa shape index (κ3) is 5.75. The molecule has 1 spiro atoms. The molecule has 2 bridgehead atoms. The van der Waals surface area contributed by atoms with Crippen molar-refractivity contribution in [1.29, 1.82) is 0 Å². The number of carbonyl (C=O) groups is 5. The van der Waals surface area contributed by atoms with E-state index in [1.807, 2.05) is 0 Å². The summed E-state index contributed by atoms with van der Waals surface area (Å²) >= 11 is 0. The van der Waals surface area contributed by atoms with Gasteiger partial charge in [-0.15, -0.1) is 0 Å². The van der Waals surface area contributed by atoms with Crippen molar-refractivity contribution in [3.05, 3.63) is 66.0 Å². The van der Waals surface area contributed by atoms with Crippen LogP contribution in [0.4, 0.5) is 0 Å². The van der Waals surface area contributed by atoms with Crippen molar-refractivity contribution in [3.63, 3.8) is 0 Å². The van der Waals surface area contributed by atoms with E-state index < -0.39 is 89.0 Å². The van der Waals surface area contributed by atoms with E-state index in [9.17, 15) is 29.1 Å². The van der Waals surface area contributed by atoms with Gasteiger partial charge in [0.1, 0.15) is 30.3 Å². The molecule has 3 fully saturated rings. The quantitative estimate of drug-likeness (QED) is 0.326. The monoisotopic (exact) mass is 653 g/mol. The van der Waals surface area contributed by atoms with Gasteiger partial charge in [-0.25, -0.2) is 9.59 Å². The van der Waals surface area contributed by atoms with Crippen molar-refractivity contribution in [2.75, 3.05) is 6.61 Å². The molecule has 1 aromatic heterocycles. The predicted molar refractivity (Wildman–Crippen MR) is 161 cm³/mol. The van der Waals surface area contributed by atoms with Crippen LogP contribution in [-0.2, 0) is 42.8 Å². The summed E-state index contributed by atoms with van der Waals surface area (Å²) in [4.78, 5) is 69.4. The number of benzene rings is 1. The maximum absolute atomic E-state index is 13.8. The summed E-state index contributed by atoms with van der Waals surface area (Å²) in [7, 11) is 0. The third-order valence-electron chi connectivity index (χ3n) is 9.58. The maximum Gasteiger partial charge on any atom is 0.340 e. The average molecular weight is 654 g/mol. The SMILES string of the molecule is CC(=O)OC[C@]12[C@@H](OC(=O)c3cccnc3)C[C@@H]3C(OC(C)=O)[C@]1(OC3(C)C)[C@](C)(O)C[C@H](OC(C)=O)[C@@H]2OC(=O)c1ccccc1. The summed E-state index contributed by atoms with van der Waals surface area (Å²) in [6.07, 6.45) is -3.10. The summed E-state index contributed by atoms with van der Waals surface area (Å²) in [5, 5.41) is 12.6. The molecule has 8 atom stereocenters. The van der Waals surface area contributed by atoms with Crippen molar-refractivity contribution < 1.29 is 57.5 Å². The molecule has 2 saturated carbocycles. The van der Waals surface area contributed by atoms with Gasteiger partial charge in [0.2, 0.25) is 0 Å². The Morgan fingerprint density at radius 3 is 2.06 bits per heavy atom. The van der Waals surface area contributed by atoms with Crippen molar-refractivity contribution >= 4 is 29.8 Å². The maximum atomic E-state index is 13.8. The number of rotatable bonds is 8. The fraction of sp³-hybridized carbons (Fsp3) is 0.529. The van der Waals surface area contributed by atoms with Crippen LogP contribution in [-0.4, -0.2) is 87.8 Å². The highest BCUT2D eigenvalue weighted by molar-refractivity contribution is 5.90. The number of hydrogen-bond acceptors (Lipinski definition) is 13. The second-order valence-electron chi connectivity index (χ2n) is 13.1. The summed E-state index contributed by atoms with van der Waals surface area (Å²) in [5.74, 6) is -4.53. The van der Waals surface area contributed by atoms with Crippen LogP contribution in [0.25, 0.3) is 0 Å². The van der Waals surface area contributed by atoms with Gasteiger partial charge in [-0.1, -0.05) is 18.2 Å². The first-order valence-corrected chi connectivity index (χ1v) is 15.3. The summed E-state index contributed by atoms with van der Waals surface area (Å²) < 4.78 is 36.7. The number of carbonyl (C=O) groups excluding carboxylic acids is 5. The van der Waals surface area contributed by atoms with Crippen LogP contribution in [0.15, 0.2) is 54.9 Å². The van der Waals surface area contributed by atoms with Gasteiger partial charge in [0.05, 0.1) is 22.3 Å². The molecule has 47 heavy (non-hydrogen) atoms. The highest BCUT2D eigenvalue weighted by atomic mass is 16.6. The smallest absolute Gasteiger partial charge is 0.340 e. The van der Waals surface area contributed by atoms with Gasteiger partial charge >= 0.3 is 29.8 Å². The van der Waals surface area contributed by atoms with Crippen LogP contribution in [0, 0.1) is 11.3 Å². The second kappa shape index (κ2) is 12.3. The van der Waals surface area contributed by atoms with E-state index in [2.05, 4.69) is 4.98 Å². The fourth-order valence-corrected chi connectivity index (χ4v) is 7.87. The predicted octanol–water partition coefficient (Wildman–Crippen LogP) is 2.97. The molecule has 1 N–H and O–H groups in total. The summed E-state index contributed by atoms with van der Waals surface area (Å²) in [5.41, 5.74) is -7.00. The molecule has 1 aliphatic heterocycles. The number of fused-ring (bicyclic) bond motifs is 1. The molecule has 2 aromatic rings. The first-order valence-electron chi connectivity index (χ1n) is 15.3. The molecule has 3 aliphatic rings. The molecule has 0 amide bonds. The zero-order valence-electron chi connectivity index (χ0n) is 27.1. The molecule has 1 unspecified atom stereocenters. The first-order chi connectivity index (χ1) is 22.1. The summed E-state index contributed by atoms with van der Waals surface area (Å²) in [6, 6.07) is 11.0. The molecular weight excluding hydrogens is 614 g/mol. The van der Waals surface area contributed by atoms with Crippen LogP contribution < -0.4 is 0 Å². The van der Waals surface area contributed by atoms with Gasteiger partial charge in [0.15, 0.2) is 11.7 Å². The molecule has 0 radical (unpaired) electrons. The fourth-order valence-electron chi connectivity index (χ4n) is 7.87. The Morgan fingerprint density at radius 1 is 0.830 bits per heavy atom. The first kappa shape index (κ1) is 34.0. The lowest BCUT2D eigenvalue weighted by atomic mass is 9.46. The number of hydrogen-bond donors (Lipinski definition) is 1. The van der Waals surface area contributed by atoms with E-state index in [4.69, 9.17) is 28.4 Å². The highest BCUT2D eigenvalue weighted by Crippen LogP contribution is 2.69. The molecule has 5 rings (SSSR count). The molecule has 13 heteroatoms. The van der Waals surface area contributed by atoms with Crippen molar-refractivity contribution in [2.24, 2.45) is 11.3 Å². The van der Waals surface area contributed by atoms with E-state index in [-0.39, 0.29) is 24.0 Å². The van der Waals surface area contributed by atoms with E-state index in [0.29, 0.717) is 0 Å². The Balaban J connectivity index is 1.81. The van der Waals surface area contributed by atoms with E-state index in [1.165, 1.54) is 44.4 Å². The van der Waals surface area contributed by atoms with Crippen molar-refractivity contribution in [1.82, 2.24) is 4.98 Å². The standard InChI is InChI=1S/C34H39NO12/c1-19(36)42-18-33-26(45-30(40)23-13-10-14-35-17-23)15-24-27(44-21(3)38)34(33,47-31(24,4)5)32(6,41)16-25(43-20(2)37)28(33)46-29(39)22-11-8-7-9-12-22/h7-14,17,24-28,41H,15-16,18H2,1-6H3/t24-,25+,26+,27?,28+,32-,33-,34+/m1/s1. The van der Waals surface area contributed by atoms with E-state index >= 15 is 0 Å². The highest BCUT2D eigenvalue weighted by Gasteiger charge is 2.86. The molecule has 1 aromatic carbocycles. The van der Waals surface area contributed by atoms with Crippen LogP contribution >= 0.6 is 0 Å². The second-order valence-corrected chi connectivity index (χ2v) is 13.1. The largest absolute Gasteiger partial charge is 0.465 e. The van der Waals surface area contributed by atoms with Gasteiger partial charge in [0.25, 0.3) is 0 Å². The summed E-state index contributed by atoms with van der Waals surface area (Å²) in [6.45, 7) is 7.76. The molecule has 13 nitrogen and oxygen atoms in total. The Kier molecular flexibility index (Phi) is 8.93. The zero-order valence-corrected chi connectivity index (χ0v) is 27.1. The molecule has 1 saturated heterocycles. The lowest BCUT2D eigenvalue weighted by molar-refractivity contribution is -0.354. The minimum atomic E-state index is -2.05. The Morgan fingerprint density at radius 2 is 1.47 bits per heavy atom. The van der Waals surface area contributed by atoms with Gasteiger partial charge in [0, 0.05) is 45.5 Å². The number of esters is 5. The van der Waals surface area contributed by atoms with Crippen LogP contribution in [0.5, 0.6) is 0 Å². The van der Waals surface area contributed by atoms with Gasteiger partial charge in [-0.3, -0.25) is 19.4 Å². The molecular formula is C34H39NO12. The minimum absolute atomic E-state index is 0.0534. The van der Waals surface area contributed by atoms with Gasteiger partial charge < -0.3 is 33.5 Å². The molecule has 2 aliphatic carbocycles. The number of pyridine rings is 1. The number of nitrogens with zero attached hydrogens (tertiary/aromatic N) is 1. The molecule has 2 heterocycles. The average Bonchev–Trinajstić information content (AvgIpc) is 3.16. The lowest BCUT2D eigenvalue weighted by Crippen LogP contribution is -2.83. The molecule has 252 valence electrons. The Bertz CT molecular complexity index is 1540. The van der Waals surface area contributed by atoms with Crippen molar-refractivity contribution in [2.45, 2.75) is 95.6 Å². The van der Waals surface area contributed by atoms with Gasteiger partial charge in [-0.05, 0) is 51.5 Å². The Labute approximate surface area is 271 Å². The van der Waals surface area contributed by atoms with Gasteiger partial charge in [-0.2, -0.15) is 0 Å². The van der Waals surface area contributed by atoms with E-state index in [1.54, 1.807) is 38.1 Å². The Hall–Kier alpha value is -4.36. The normalized spacial score (nSPS) is 33.5. The van der Waals surface area contributed by atoms with Crippen LogP contribution in [0.1, 0.15) is 75.1 Å². The number of ether oxygens (including phenoxy) is 6. The van der Waals surface area contributed by atoms with Crippen LogP contribution in [0.2, 0.25) is 0 Å². The lowest BCUT2D eigenvalue weighted by Gasteiger charge is -2.65. The topological polar surface area (TPSA) is 174 Å². The van der Waals surface area contributed by atoms with Crippen LogP contribution in [0.3, 0.4) is 0 Å². The number of aliphatic hydroxyl groups is 1.